The van der Waals surface area contributed by atoms with Crippen LogP contribution in [-0.4, -0.2) is 75.4 Å². The largest absolute Gasteiger partial charge is 0.489 e. The van der Waals surface area contributed by atoms with Crippen molar-refractivity contribution in [3.8, 4) is 40.0 Å². The number of aryl methyl sites for hydroxylation is 1. The van der Waals surface area contributed by atoms with Crippen molar-refractivity contribution in [2.45, 2.75) is 84.0 Å². The molecule has 2 amide bonds. The summed E-state index contributed by atoms with van der Waals surface area (Å²) in [6.45, 7) is 4.67. The highest BCUT2D eigenvalue weighted by molar-refractivity contribution is 6.31. The Kier molecular flexibility index (Phi) is 10.5. The molecular weight excluding hydrogens is 837 g/mol. The SMILES string of the molecule is Cn1ncc(-c2cc(OCc3ncn(C4CCCCO4)n3)c3c(=O)n(C(=O)OC(C)(C)C)nc(CN4C(=O)c5ccccc5C4=O)c3c2)c1-c1c(F)c(Cl)cc(OC2CC2)c1C#N. The van der Waals surface area contributed by atoms with Crippen molar-refractivity contribution in [1.82, 2.24) is 39.2 Å². The first-order chi connectivity index (χ1) is 30.2. The van der Waals surface area contributed by atoms with Crippen LogP contribution in [0.5, 0.6) is 11.5 Å². The van der Waals surface area contributed by atoms with Crippen molar-refractivity contribution in [1.29, 1.82) is 5.26 Å². The van der Waals surface area contributed by atoms with Gasteiger partial charge in [-0.25, -0.2) is 18.9 Å². The molecule has 17 nitrogen and oxygen atoms in total. The Balaban J connectivity index is 1.25. The Morgan fingerprint density at radius 3 is 2.43 bits per heavy atom. The van der Waals surface area contributed by atoms with Crippen LogP contribution in [0.2, 0.25) is 5.02 Å². The molecule has 0 spiro atoms. The van der Waals surface area contributed by atoms with Gasteiger partial charge in [0.2, 0.25) is 0 Å². The maximum atomic E-state index is 16.4. The minimum atomic E-state index is -1.12. The van der Waals surface area contributed by atoms with Crippen LogP contribution in [-0.2, 0) is 29.7 Å². The smallest absolute Gasteiger partial charge is 0.438 e. The molecule has 1 aliphatic carbocycles. The quantitative estimate of drug-likeness (QED) is 0.126. The van der Waals surface area contributed by atoms with Gasteiger partial charge in [0.15, 0.2) is 17.9 Å². The number of benzene rings is 3. The number of carbonyl (C=O) groups excluding carboxylic acids is 3. The van der Waals surface area contributed by atoms with Crippen molar-refractivity contribution in [2.24, 2.45) is 7.05 Å². The zero-order valence-electron chi connectivity index (χ0n) is 34.6. The molecule has 0 radical (unpaired) electrons. The van der Waals surface area contributed by atoms with E-state index in [0.717, 1.165) is 37.0 Å². The van der Waals surface area contributed by atoms with E-state index < -0.39 is 41.4 Å². The number of fused-ring (bicyclic) bond motifs is 2. The van der Waals surface area contributed by atoms with Gasteiger partial charge in [-0.15, -0.1) is 4.68 Å². The minimum absolute atomic E-state index is 0.0641. The summed E-state index contributed by atoms with van der Waals surface area (Å²) in [4.78, 5) is 61.2. The number of aromatic nitrogens is 7. The summed E-state index contributed by atoms with van der Waals surface area (Å²) in [6.07, 6.45) is 5.55. The molecule has 1 unspecified atom stereocenters. The van der Waals surface area contributed by atoms with Crippen molar-refractivity contribution >= 4 is 40.3 Å². The molecule has 9 rings (SSSR count). The highest BCUT2D eigenvalue weighted by Gasteiger charge is 2.37. The summed E-state index contributed by atoms with van der Waals surface area (Å²) >= 11 is 6.45. The van der Waals surface area contributed by atoms with Crippen LogP contribution < -0.4 is 15.0 Å². The van der Waals surface area contributed by atoms with Crippen LogP contribution in [0, 0.1) is 17.1 Å². The molecule has 3 aromatic carbocycles. The Morgan fingerprint density at radius 1 is 1.02 bits per heavy atom. The van der Waals surface area contributed by atoms with Gasteiger partial charge in [-0.3, -0.25) is 24.0 Å². The van der Waals surface area contributed by atoms with Crippen LogP contribution in [0.15, 0.2) is 59.8 Å². The van der Waals surface area contributed by atoms with Crippen LogP contribution in [0.25, 0.3) is 33.2 Å². The summed E-state index contributed by atoms with van der Waals surface area (Å²) in [5.74, 6) is -1.87. The predicted molar refractivity (Wildman–Crippen MR) is 222 cm³/mol. The van der Waals surface area contributed by atoms with Crippen LogP contribution >= 0.6 is 11.6 Å². The first-order valence-corrected chi connectivity index (χ1v) is 20.6. The van der Waals surface area contributed by atoms with Gasteiger partial charge in [-0.2, -0.15) is 20.6 Å². The molecule has 3 aliphatic rings. The van der Waals surface area contributed by atoms with Crippen molar-refractivity contribution in [3.05, 3.63) is 104 Å². The Labute approximate surface area is 363 Å². The lowest BCUT2D eigenvalue weighted by Gasteiger charge is -2.22. The number of halogens is 2. The van der Waals surface area contributed by atoms with E-state index in [1.54, 1.807) is 44.6 Å². The van der Waals surface area contributed by atoms with Gasteiger partial charge in [0.25, 0.3) is 17.4 Å². The Hall–Kier alpha value is -6.97. The first-order valence-electron chi connectivity index (χ1n) is 20.2. The number of ether oxygens (including phenoxy) is 4. The number of hydrogen-bond acceptors (Lipinski definition) is 13. The molecule has 2 fully saturated rings. The molecule has 0 bridgehead atoms. The van der Waals surface area contributed by atoms with Gasteiger partial charge >= 0.3 is 6.09 Å². The van der Waals surface area contributed by atoms with E-state index in [2.05, 4.69) is 26.3 Å². The second-order valence-electron chi connectivity index (χ2n) is 16.4. The van der Waals surface area contributed by atoms with Gasteiger partial charge in [-0.1, -0.05) is 23.7 Å². The molecule has 1 saturated heterocycles. The lowest BCUT2D eigenvalue weighted by atomic mass is 9.95. The van der Waals surface area contributed by atoms with Crippen molar-refractivity contribution < 1.29 is 37.7 Å². The number of hydrogen-bond donors (Lipinski definition) is 0. The van der Waals surface area contributed by atoms with E-state index >= 15 is 4.39 Å². The van der Waals surface area contributed by atoms with Gasteiger partial charge in [0.05, 0.1) is 57.3 Å². The predicted octanol–water partition coefficient (Wildman–Crippen LogP) is 7.12. The first kappa shape index (κ1) is 41.4. The fourth-order valence-electron chi connectivity index (χ4n) is 7.67. The van der Waals surface area contributed by atoms with E-state index in [-0.39, 0.29) is 96.8 Å². The normalized spacial score (nSPS) is 16.3. The highest BCUT2D eigenvalue weighted by atomic mass is 35.5. The monoisotopic (exact) mass is 875 g/mol. The average molecular weight is 876 g/mol. The molecule has 6 aromatic rings. The number of imide groups is 1. The number of nitriles is 1. The number of rotatable bonds is 10. The van der Waals surface area contributed by atoms with Crippen LogP contribution in [0.3, 0.4) is 0 Å². The summed E-state index contributed by atoms with van der Waals surface area (Å²) in [5, 5.41) is 23.5. The zero-order valence-corrected chi connectivity index (χ0v) is 35.3. The van der Waals surface area contributed by atoms with E-state index in [1.807, 2.05) is 0 Å². The number of carbonyl (C=O) groups is 3. The van der Waals surface area contributed by atoms with Gasteiger partial charge in [0.1, 0.15) is 41.7 Å². The Bertz CT molecular complexity index is 2940. The second-order valence-corrected chi connectivity index (χ2v) is 16.8. The number of amides is 2. The third kappa shape index (κ3) is 7.78. The molecule has 5 heterocycles. The minimum Gasteiger partial charge on any atom is -0.489 e. The molecule has 19 heteroatoms. The molecular formula is C44H39ClFN9O8. The summed E-state index contributed by atoms with van der Waals surface area (Å²) in [5.41, 5.74) is -1.33. The summed E-state index contributed by atoms with van der Waals surface area (Å²) in [6, 6.07) is 12.7. The van der Waals surface area contributed by atoms with Crippen LogP contribution in [0.1, 0.15) is 96.9 Å². The van der Waals surface area contributed by atoms with E-state index in [9.17, 15) is 24.4 Å². The topological polar surface area (TPSA) is 199 Å². The highest BCUT2D eigenvalue weighted by Crippen LogP contribution is 2.44. The van der Waals surface area contributed by atoms with Gasteiger partial charge < -0.3 is 18.9 Å². The molecule has 3 aromatic heterocycles. The third-order valence-corrected chi connectivity index (χ3v) is 11.0. The molecule has 63 heavy (non-hydrogen) atoms. The third-order valence-electron chi connectivity index (χ3n) is 10.8. The molecule has 2 aliphatic heterocycles. The maximum Gasteiger partial charge on any atom is 0.438 e. The zero-order chi connectivity index (χ0) is 44.3. The standard InChI is InChI=1S/C44H39ClFN9O8/c1-44(2,3)63-43(59)55-42(58)36-27(31(50-55)20-53-40(56)25-9-5-6-10-26(25)41(53)57)15-23(16-33(36)61-21-34-48-22-54(51-34)35-11-7-8-14-60-35)29-19-49-52(4)39(29)37-28(18-47)32(62-24-12-13-24)17-30(45)38(37)46/h5-6,9-10,15-17,19,22,24,35H,7-8,11-14,20-21H2,1-4H3. The molecule has 322 valence electrons. The average Bonchev–Trinajstić information content (AvgIpc) is 3.71. The second kappa shape index (κ2) is 16.1. The van der Waals surface area contributed by atoms with E-state index in [0.29, 0.717) is 11.3 Å². The lowest BCUT2D eigenvalue weighted by Crippen LogP contribution is -2.37. The van der Waals surface area contributed by atoms with Gasteiger partial charge in [-0.05, 0) is 82.7 Å². The summed E-state index contributed by atoms with van der Waals surface area (Å²) < 4.78 is 43.7. The van der Waals surface area contributed by atoms with Crippen LogP contribution in [0.4, 0.5) is 9.18 Å². The maximum absolute atomic E-state index is 16.4. The molecule has 0 N–H and O–H groups in total. The van der Waals surface area contributed by atoms with Crippen molar-refractivity contribution in [3.63, 3.8) is 0 Å². The Morgan fingerprint density at radius 2 is 1.76 bits per heavy atom. The molecule has 1 atom stereocenters. The van der Waals surface area contributed by atoms with Crippen molar-refractivity contribution in [2.75, 3.05) is 6.61 Å². The van der Waals surface area contributed by atoms with E-state index in [4.69, 9.17) is 30.5 Å². The summed E-state index contributed by atoms with van der Waals surface area (Å²) in [7, 11) is 1.56. The fraction of sp³-hybridized carbons (Fsp3) is 0.341. The van der Waals surface area contributed by atoms with E-state index in [1.165, 1.54) is 47.5 Å². The number of nitrogens with zero attached hydrogens (tertiary/aromatic N) is 9. The lowest BCUT2D eigenvalue weighted by molar-refractivity contribution is -0.0399. The molecule has 1 saturated carbocycles. The van der Waals surface area contributed by atoms with Gasteiger partial charge in [0, 0.05) is 30.7 Å². The fourth-order valence-corrected chi connectivity index (χ4v) is 7.86.